The minimum absolute atomic E-state index is 0.154. The highest BCUT2D eigenvalue weighted by Gasteiger charge is 2.19. The first-order valence-electron chi connectivity index (χ1n) is 7.24. The highest BCUT2D eigenvalue weighted by Crippen LogP contribution is 2.25. The molecule has 1 aromatic rings. The molecule has 1 heterocycles. The van der Waals surface area contributed by atoms with Crippen LogP contribution in [0.25, 0.3) is 0 Å². The fraction of sp³-hybridized carbons (Fsp3) is 0.625. The van der Waals surface area contributed by atoms with Crippen molar-refractivity contribution in [2.45, 2.75) is 25.7 Å². The van der Waals surface area contributed by atoms with E-state index in [1.165, 1.54) is 24.8 Å². The van der Waals surface area contributed by atoms with Gasteiger partial charge in [-0.1, -0.05) is 12.1 Å². The summed E-state index contributed by atoms with van der Waals surface area (Å²) in [7, 11) is 2.00. The standard InChI is InChI=1S/C16H24FNO/c1-18-12-15(11-14-6-8-19-9-7-14)10-13-2-4-16(17)5-3-13/h2-5,14-15,18H,6-12H2,1H3. The van der Waals surface area contributed by atoms with Gasteiger partial charge in [0.15, 0.2) is 0 Å². The summed E-state index contributed by atoms with van der Waals surface area (Å²) >= 11 is 0. The van der Waals surface area contributed by atoms with Gasteiger partial charge in [0, 0.05) is 13.2 Å². The van der Waals surface area contributed by atoms with Crippen LogP contribution < -0.4 is 5.32 Å². The predicted molar refractivity (Wildman–Crippen MR) is 75.7 cm³/mol. The minimum atomic E-state index is -0.154. The van der Waals surface area contributed by atoms with Gasteiger partial charge in [-0.15, -0.1) is 0 Å². The van der Waals surface area contributed by atoms with E-state index < -0.39 is 0 Å². The van der Waals surface area contributed by atoms with Crippen LogP contribution in [0.4, 0.5) is 4.39 Å². The van der Waals surface area contributed by atoms with Crippen LogP contribution in [0.5, 0.6) is 0 Å². The van der Waals surface area contributed by atoms with Crippen molar-refractivity contribution in [2.24, 2.45) is 11.8 Å². The normalized spacial score (nSPS) is 18.4. The molecule has 2 nitrogen and oxygen atoms in total. The summed E-state index contributed by atoms with van der Waals surface area (Å²) in [4.78, 5) is 0. The van der Waals surface area contributed by atoms with Gasteiger partial charge in [0.05, 0.1) is 0 Å². The van der Waals surface area contributed by atoms with Crippen LogP contribution in [-0.2, 0) is 11.2 Å². The zero-order chi connectivity index (χ0) is 13.5. The average Bonchev–Trinajstić information content (AvgIpc) is 2.43. The van der Waals surface area contributed by atoms with Crippen LogP contribution in [0.15, 0.2) is 24.3 Å². The molecule has 1 N–H and O–H groups in total. The summed E-state index contributed by atoms with van der Waals surface area (Å²) in [5.74, 6) is 1.25. The smallest absolute Gasteiger partial charge is 0.123 e. The largest absolute Gasteiger partial charge is 0.381 e. The molecule has 0 saturated carbocycles. The van der Waals surface area contributed by atoms with Crippen LogP contribution >= 0.6 is 0 Å². The van der Waals surface area contributed by atoms with Crippen LogP contribution in [-0.4, -0.2) is 26.8 Å². The van der Waals surface area contributed by atoms with E-state index in [0.717, 1.165) is 32.1 Å². The average molecular weight is 265 g/mol. The van der Waals surface area contributed by atoms with Crippen molar-refractivity contribution in [3.63, 3.8) is 0 Å². The van der Waals surface area contributed by atoms with Crippen LogP contribution in [0.1, 0.15) is 24.8 Å². The van der Waals surface area contributed by atoms with E-state index in [9.17, 15) is 4.39 Å². The number of benzene rings is 1. The molecule has 1 saturated heterocycles. The van der Waals surface area contributed by atoms with Gasteiger partial charge in [-0.3, -0.25) is 0 Å². The quantitative estimate of drug-likeness (QED) is 0.853. The number of hydrogen-bond donors (Lipinski definition) is 1. The Morgan fingerprint density at radius 2 is 1.95 bits per heavy atom. The van der Waals surface area contributed by atoms with Gasteiger partial charge < -0.3 is 10.1 Å². The first-order chi connectivity index (χ1) is 9.28. The Morgan fingerprint density at radius 3 is 2.58 bits per heavy atom. The zero-order valence-electron chi connectivity index (χ0n) is 11.7. The molecule has 1 fully saturated rings. The van der Waals surface area contributed by atoms with E-state index in [1.807, 2.05) is 19.2 Å². The third kappa shape index (κ3) is 4.92. The van der Waals surface area contributed by atoms with Gasteiger partial charge in [0.25, 0.3) is 0 Å². The van der Waals surface area contributed by atoms with Gasteiger partial charge in [-0.05, 0) is 68.8 Å². The Bertz CT molecular complexity index is 360. The highest BCUT2D eigenvalue weighted by atomic mass is 19.1. The molecule has 0 amide bonds. The molecule has 1 aromatic carbocycles. The monoisotopic (exact) mass is 265 g/mol. The molecule has 1 aliphatic rings. The lowest BCUT2D eigenvalue weighted by atomic mass is 9.85. The Morgan fingerprint density at radius 1 is 1.26 bits per heavy atom. The number of nitrogens with one attached hydrogen (secondary N) is 1. The van der Waals surface area contributed by atoms with E-state index in [0.29, 0.717) is 5.92 Å². The molecular formula is C16H24FNO. The molecule has 2 rings (SSSR count). The molecule has 19 heavy (non-hydrogen) atoms. The topological polar surface area (TPSA) is 21.3 Å². The number of rotatable bonds is 6. The molecule has 0 aromatic heterocycles. The summed E-state index contributed by atoms with van der Waals surface area (Å²) in [5.41, 5.74) is 1.23. The van der Waals surface area contributed by atoms with E-state index in [1.54, 1.807) is 12.1 Å². The Kier molecular flexibility index (Phi) is 5.80. The molecule has 1 atom stereocenters. The first-order valence-corrected chi connectivity index (χ1v) is 7.24. The van der Waals surface area contributed by atoms with Gasteiger partial charge in [0.1, 0.15) is 5.82 Å². The maximum atomic E-state index is 12.9. The van der Waals surface area contributed by atoms with Gasteiger partial charge >= 0.3 is 0 Å². The molecule has 0 spiro atoms. The van der Waals surface area contributed by atoms with Gasteiger partial charge in [-0.25, -0.2) is 4.39 Å². The lowest BCUT2D eigenvalue weighted by Crippen LogP contribution is -2.26. The summed E-state index contributed by atoms with van der Waals surface area (Å²) in [6, 6.07) is 6.92. The summed E-state index contributed by atoms with van der Waals surface area (Å²) in [6.45, 7) is 2.84. The third-order valence-corrected chi connectivity index (χ3v) is 3.94. The fourth-order valence-electron chi connectivity index (χ4n) is 2.93. The number of ether oxygens (including phenoxy) is 1. The number of hydrogen-bond acceptors (Lipinski definition) is 2. The second-order valence-corrected chi connectivity index (χ2v) is 5.55. The maximum absolute atomic E-state index is 12.9. The van der Waals surface area contributed by atoms with Crippen molar-refractivity contribution in [3.05, 3.63) is 35.6 Å². The van der Waals surface area contributed by atoms with E-state index >= 15 is 0 Å². The summed E-state index contributed by atoms with van der Waals surface area (Å²) in [6.07, 6.45) is 4.63. The molecule has 0 bridgehead atoms. The van der Waals surface area contributed by atoms with Crippen molar-refractivity contribution >= 4 is 0 Å². The lowest BCUT2D eigenvalue weighted by Gasteiger charge is -2.26. The predicted octanol–water partition coefficient (Wildman–Crippen LogP) is 3.02. The van der Waals surface area contributed by atoms with Crippen molar-refractivity contribution in [2.75, 3.05) is 26.8 Å². The zero-order valence-corrected chi connectivity index (χ0v) is 11.7. The highest BCUT2D eigenvalue weighted by molar-refractivity contribution is 5.16. The molecule has 1 aliphatic heterocycles. The molecular weight excluding hydrogens is 241 g/mol. The third-order valence-electron chi connectivity index (χ3n) is 3.94. The SMILES string of the molecule is CNCC(Cc1ccc(F)cc1)CC1CCOCC1. The first kappa shape index (κ1) is 14.5. The van der Waals surface area contributed by atoms with Gasteiger partial charge in [-0.2, -0.15) is 0 Å². The minimum Gasteiger partial charge on any atom is -0.381 e. The Balaban J connectivity index is 1.89. The van der Waals surface area contributed by atoms with E-state index in [4.69, 9.17) is 4.74 Å². The lowest BCUT2D eigenvalue weighted by molar-refractivity contribution is 0.0586. The van der Waals surface area contributed by atoms with E-state index in [-0.39, 0.29) is 5.82 Å². The number of halogens is 1. The molecule has 1 unspecified atom stereocenters. The van der Waals surface area contributed by atoms with Crippen molar-refractivity contribution in [1.82, 2.24) is 5.32 Å². The van der Waals surface area contributed by atoms with Crippen molar-refractivity contribution in [1.29, 1.82) is 0 Å². The molecule has 3 heteroatoms. The van der Waals surface area contributed by atoms with Crippen LogP contribution in [0, 0.1) is 17.7 Å². The van der Waals surface area contributed by atoms with Crippen molar-refractivity contribution in [3.8, 4) is 0 Å². The van der Waals surface area contributed by atoms with Gasteiger partial charge in [0.2, 0.25) is 0 Å². The van der Waals surface area contributed by atoms with E-state index in [2.05, 4.69) is 5.32 Å². The Hall–Kier alpha value is -0.930. The molecule has 0 radical (unpaired) electrons. The summed E-state index contributed by atoms with van der Waals surface area (Å²) in [5, 5.41) is 3.28. The Labute approximate surface area is 115 Å². The fourth-order valence-corrected chi connectivity index (χ4v) is 2.93. The molecule has 0 aliphatic carbocycles. The second-order valence-electron chi connectivity index (χ2n) is 5.55. The van der Waals surface area contributed by atoms with Crippen LogP contribution in [0.3, 0.4) is 0 Å². The second kappa shape index (κ2) is 7.61. The summed E-state index contributed by atoms with van der Waals surface area (Å²) < 4.78 is 18.3. The molecule has 106 valence electrons. The van der Waals surface area contributed by atoms with Crippen molar-refractivity contribution < 1.29 is 9.13 Å². The maximum Gasteiger partial charge on any atom is 0.123 e. The van der Waals surface area contributed by atoms with Crippen LogP contribution in [0.2, 0.25) is 0 Å².